The first kappa shape index (κ1) is 48.9. The lowest BCUT2D eigenvalue weighted by atomic mass is 9.84. The van der Waals surface area contributed by atoms with Crippen LogP contribution in [-0.2, 0) is 54.6 Å². The second-order valence-corrected chi connectivity index (χ2v) is 20.3. The molecule has 67 heavy (non-hydrogen) atoms. The fourth-order valence-corrected chi connectivity index (χ4v) is 10.4. The van der Waals surface area contributed by atoms with E-state index in [0.29, 0.717) is 31.4 Å². The van der Waals surface area contributed by atoms with Gasteiger partial charge in [-0.15, -0.1) is 0 Å². The van der Waals surface area contributed by atoms with Crippen LogP contribution in [0.25, 0.3) is 33.3 Å². The van der Waals surface area contributed by atoms with E-state index in [1.807, 2.05) is 26.8 Å². The summed E-state index contributed by atoms with van der Waals surface area (Å²) in [5, 5.41) is 16.8. The van der Waals surface area contributed by atoms with Crippen LogP contribution in [-0.4, -0.2) is 124 Å². The van der Waals surface area contributed by atoms with E-state index in [1.54, 1.807) is 24.1 Å². The number of fused-ring (bicyclic) bond motifs is 6. The number of carbonyl (C=O) groups is 5. The molecule has 0 aliphatic carbocycles. The van der Waals surface area contributed by atoms with Crippen molar-refractivity contribution in [3.63, 3.8) is 0 Å². The van der Waals surface area contributed by atoms with E-state index in [-0.39, 0.29) is 55.5 Å². The van der Waals surface area contributed by atoms with Gasteiger partial charge >= 0.3 is 5.97 Å². The number of esters is 1. The molecule has 0 saturated carbocycles. The van der Waals surface area contributed by atoms with Gasteiger partial charge in [-0.1, -0.05) is 77.6 Å². The van der Waals surface area contributed by atoms with E-state index in [1.165, 1.54) is 21.5 Å². The number of hydrogen-bond acceptors (Lipinski definition) is 9. The van der Waals surface area contributed by atoms with Gasteiger partial charge in [0, 0.05) is 68.1 Å². The molecule has 3 aliphatic rings. The third kappa shape index (κ3) is 10.5. The summed E-state index contributed by atoms with van der Waals surface area (Å²) in [6.07, 6.45) is 2.80. The number of nitrogens with zero attached hydrogens (tertiary/aromatic N) is 5. The Morgan fingerprint density at radius 1 is 1.03 bits per heavy atom. The first-order valence-corrected chi connectivity index (χ1v) is 23.7. The Morgan fingerprint density at radius 3 is 2.48 bits per heavy atom. The summed E-state index contributed by atoms with van der Waals surface area (Å²) in [5.74, 6) is -2.97. The second kappa shape index (κ2) is 20.1. The number of hydrazine groups is 1. The van der Waals surface area contributed by atoms with Crippen LogP contribution >= 0.6 is 0 Å². The maximum atomic E-state index is 14.8. The van der Waals surface area contributed by atoms with Gasteiger partial charge in [-0.05, 0) is 110 Å². The Kier molecular flexibility index (Phi) is 14.7. The molecule has 2 fully saturated rings. The minimum Gasteiger partial charge on any atom is -0.508 e. The van der Waals surface area contributed by atoms with E-state index in [4.69, 9.17) is 4.74 Å². The number of phenolic OH excluding ortho intramolecular Hbond substituents is 1. The number of aromatic nitrogens is 1. The van der Waals surface area contributed by atoms with Crippen molar-refractivity contribution in [1.82, 2.24) is 35.0 Å². The molecule has 3 N–H and O–H groups in total. The van der Waals surface area contributed by atoms with Gasteiger partial charge in [0.15, 0.2) is 0 Å². The van der Waals surface area contributed by atoms with Gasteiger partial charge in [0.25, 0.3) is 5.91 Å². The Bertz CT molecular complexity index is 2540. The Balaban J connectivity index is 1.31. The van der Waals surface area contributed by atoms with Gasteiger partial charge in [-0.3, -0.25) is 29.0 Å². The maximum absolute atomic E-state index is 14.8. The number of cyclic esters (lactones) is 1. The number of aromatic hydroxyl groups is 1. The fraction of sp³-hybridized carbons (Fsp3) is 0.491. The van der Waals surface area contributed by atoms with Crippen molar-refractivity contribution < 1.29 is 33.8 Å². The highest BCUT2D eigenvalue weighted by molar-refractivity contribution is 5.96. The number of likely N-dealkylation sites (N-methyl/N-ethyl adjacent to an activating group) is 1. The molecule has 4 amide bonds. The van der Waals surface area contributed by atoms with Crippen molar-refractivity contribution >= 4 is 40.5 Å². The van der Waals surface area contributed by atoms with E-state index in [2.05, 4.69) is 104 Å². The third-order valence-electron chi connectivity index (χ3n) is 13.7. The number of carbonyl (C=O) groups excluding carboxylic acids is 5. The number of nitrogens with one attached hydrogen (secondary N) is 2. The topological polar surface area (TPSA) is 157 Å². The van der Waals surface area contributed by atoms with Gasteiger partial charge in [-0.25, -0.2) is 5.43 Å². The highest BCUT2D eigenvalue weighted by Gasteiger charge is 2.42. The van der Waals surface area contributed by atoms with E-state index in [9.17, 15) is 29.1 Å². The largest absolute Gasteiger partial charge is 0.508 e. The molecule has 2 saturated heterocycles. The normalized spacial score (nSPS) is 21.5. The van der Waals surface area contributed by atoms with Crippen LogP contribution in [0.15, 0.2) is 73.3 Å². The summed E-state index contributed by atoms with van der Waals surface area (Å²) in [4.78, 5) is 75.1. The molecule has 4 heterocycles. The van der Waals surface area contributed by atoms with Gasteiger partial charge in [-0.2, -0.15) is 0 Å². The number of rotatable bonds is 10. The van der Waals surface area contributed by atoms with Gasteiger partial charge in [0.05, 0.1) is 18.2 Å². The smallest absolute Gasteiger partial charge is 0.324 e. The molecule has 0 radical (unpaired) electrons. The van der Waals surface area contributed by atoms with Crippen LogP contribution in [0.5, 0.6) is 5.75 Å². The van der Waals surface area contributed by atoms with E-state index >= 15 is 0 Å². The molecule has 3 aromatic carbocycles. The average molecular weight is 916 g/mol. The third-order valence-corrected chi connectivity index (χ3v) is 13.7. The summed E-state index contributed by atoms with van der Waals surface area (Å²) in [7, 11) is 5.73. The highest BCUT2D eigenvalue weighted by Crippen LogP contribution is 2.42. The molecular formula is C53H69N7O7. The SMILES string of the molecule is C=CC(=O)N1C[C@H](C)[C@H](C(=O)N(C)[C@H](C(=O)NC2Cc3cc(O)cc(c3)-c3ccc4c(c3)c(c(-c3ccccc3CN(C)C)n4CC)CC(C)(C)COC(=O)[C@@H]3CCCN(N3)C2=O)C(C)C)C1. The molecule has 7 rings (SSSR count). The number of ether oxygens (including phenoxy) is 1. The first-order chi connectivity index (χ1) is 31.8. The summed E-state index contributed by atoms with van der Waals surface area (Å²) in [6.45, 7) is 18.1. The molecule has 3 aliphatic heterocycles. The van der Waals surface area contributed by atoms with Crippen LogP contribution in [0.2, 0.25) is 0 Å². The van der Waals surface area contributed by atoms with Crippen molar-refractivity contribution in [3.8, 4) is 28.1 Å². The van der Waals surface area contributed by atoms with E-state index in [0.717, 1.165) is 51.9 Å². The number of aryl methyl sites for hydroxylation is 1. The molecule has 1 aromatic heterocycles. The summed E-state index contributed by atoms with van der Waals surface area (Å²) in [6, 6.07) is 17.2. The molecule has 6 bridgehead atoms. The number of amides is 4. The molecule has 5 atom stereocenters. The predicted octanol–water partition coefficient (Wildman–Crippen LogP) is 6.17. The standard InChI is InChI=1S/C53H69N7O7/c1-11-46(62)58-28-33(5)42(30-58)50(64)57(10)47(32(3)4)49(63)54-44-24-34-22-37(25-38(61)23-34)35-19-20-45-40(26-35)41(48(59(45)12-2)39-17-14-13-16-36(39)29-56(8)9)27-53(6,7)31-67-52(66)43-18-15-21-60(55-43)51(44)65/h11,13-14,16-17,19-20,22-23,25-26,32-33,42-44,47,55,61H,1,12,15,18,21,24,27-31H2,2-10H3,(H,54,63)/t33-,42+,43-,44?,47-/m0/s1. The lowest BCUT2D eigenvalue weighted by molar-refractivity contribution is -0.155. The average Bonchev–Trinajstić information content (AvgIpc) is 3.82. The highest BCUT2D eigenvalue weighted by atomic mass is 16.5. The van der Waals surface area contributed by atoms with Crippen molar-refractivity contribution in [1.29, 1.82) is 0 Å². The number of benzene rings is 3. The summed E-state index contributed by atoms with van der Waals surface area (Å²) in [5.41, 5.74) is 10.5. The molecular weight excluding hydrogens is 847 g/mol. The molecule has 4 aromatic rings. The minimum absolute atomic E-state index is 0.000723. The molecule has 0 spiro atoms. The van der Waals surface area contributed by atoms with Crippen molar-refractivity contribution in [2.45, 2.75) is 98.4 Å². The van der Waals surface area contributed by atoms with Crippen molar-refractivity contribution in [2.75, 3.05) is 47.4 Å². The van der Waals surface area contributed by atoms with Gasteiger partial charge < -0.3 is 34.4 Å². The maximum Gasteiger partial charge on any atom is 0.324 e. The number of phenols is 1. The quantitative estimate of drug-likeness (QED) is 0.125. The first-order valence-electron chi connectivity index (χ1n) is 23.7. The van der Waals surface area contributed by atoms with Crippen LogP contribution in [0.3, 0.4) is 0 Å². The summed E-state index contributed by atoms with van der Waals surface area (Å²) >= 11 is 0. The predicted molar refractivity (Wildman–Crippen MR) is 260 cm³/mol. The fourth-order valence-electron chi connectivity index (χ4n) is 10.4. The monoisotopic (exact) mass is 916 g/mol. The zero-order valence-corrected chi connectivity index (χ0v) is 40.7. The minimum atomic E-state index is -1.16. The summed E-state index contributed by atoms with van der Waals surface area (Å²) < 4.78 is 8.50. The number of likely N-dealkylation sites (tertiary alicyclic amines) is 1. The van der Waals surface area contributed by atoms with Crippen molar-refractivity contribution in [2.24, 2.45) is 23.2 Å². The lowest BCUT2D eigenvalue weighted by Gasteiger charge is -2.37. The Morgan fingerprint density at radius 2 is 1.78 bits per heavy atom. The van der Waals surface area contributed by atoms with Crippen LogP contribution in [0, 0.1) is 23.2 Å². The lowest BCUT2D eigenvalue weighted by Crippen LogP contribution is -2.62. The molecule has 358 valence electrons. The molecule has 1 unspecified atom stereocenters. The van der Waals surface area contributed by atoms with Crippen LogP contribution < -0.4 is 10.7 Å². The molecule has 14 heteroatoms. The Hall–Kier alpha value is -5.99. The zero-order chi connectivity index (χ0) is 48.5. The zero-order valence-electron chi connectivity index (χ0n) is 40.7. The Labute approximate surface area is 395 Å². The van der Waals surface area contributed by atoms with Gasteiger partial charge in [0.2, 0.25) is 17.7 Å². The van der Waals surface area contributed by atoms with Crippen LogP contribution in [0.4, 0.5) is 0 Å². The van der Waals surface area contributed by atoms with Gasteiger partial charge in [0.1, 0.15) is 23.9 Å². The second-order valence-electron chi connectivity index (χ2n) is 20.3. The van der Waals surface area contributed by atoms with E-state index < -0.39 is 47.2 Å². The van der Waals surface area contributed by atoms with Crippen molar-refractivity contribution in [3.05, 3.63) is 90.0 Å². The van der Waals surface area contributed by atoms with Crippen LogP contribution in [0.1, 0.15) is 71.1 Å². The molecule has 14 nitrogen and oxygen atoms in total. The number of hydrogen-bond donors (Lipinski definition) is 3.